The number of ketones is 1. The Morgan fingerprint density at radius 1 is 1.31 bits per heavy atom. The summed E-state index contributed by atoms with van der Waals surface area (Å²) in [6, 6.07) is 8.37. The van der Waals surface area contributed by atoms with Gasteiger partial charge in [0.1, 0.15) is 5.78 Å². The molecule has 1 N–H and O–H groups in total. The molecule has 0 spiro atoms. The van der Waals surface area contributed by atoms with E-state index in [2.05, 4.69) is 29.2 Å². The molecule has 0 unspecified atom stereocenters. The highest BCUT2D eigenvalue weighted by molar-refractivity contribution is 5.82. The number of fused-ring (bicyclic) bond motifs is 1. The molecule has 0 saturated carbocycles. The van der Waals surface area contributed by atoms with Crippen molar-refractivity contribution in [1.29, 1.82) is 0 Å². The maximum Gasteiger partial charge on any atom is 0.135 e. The number of Topliss-reactive ketones (excluding diaryl/α,β-unsaturated/α-hetero) is 1. The maximum absolute atomic E-state index is 11.5. The third-order valence-electron chi connectivity index (χ3n) is 2.92. The van der Waals surface area contributed by atoms with Gasteiger partial charge in [-0.15, -0.1) is 0 Å². The number of rotatable bonds is 4. The van der Waals surface area contributed by atoms with E-state index in [-0.39, 0.29) is 5.92 Å². The number of aromatic amines is 1. The van der Waals surface area contributed by atoms with Crippen molar-refractivity contribution in [2.45, 2.75) is 26.7 Å². The molecule has 2 aromatic rings. The average Bonchev–Trinajstić information content (AvgIpc) is 2.72. The molecule has 0 aliphatic carbocycles. The normalized spacial score (nSPS) is 11.2. The summed E-state index contributed by atoms with van der Waals surface area (Å²) >= 11 is 0. The summed E-state index contributed by atoms with van der Waals surface area (Å²) in [5.41, 5.74) is 2.39. The van der Waals surface area contributed by atoms with E-state index >= 15 is 0 Å². The molecular weight excluding hydrogens is 198 g/mol. The topological polar surface area (TPSA) is 32.9 Å². The van der Waals surface area contributed by atoms with Gasteiger partial charge in [0.05, 0.1) is 0 Å². The molecule has 0 bridgehead atoms. The minimum absolute atomic E-state index is 0.149. The van der Waals surface area contributed by atoms with Gasteiger partial charge in [-0.3, -0.25) is 4.79 Å². The molecule has 2 nitrogen and oxygen atoms in total. The second kappa shape index (κ2) is 4.52. The van der Waals surface area contributed by atoms with Gasteiger partial charge >= 0.3 is 0 Å². The van der Waals surface area contributed by atoms with Gasteiger partial charge in [-0.05, 0) is 35.6 Å². The van der Waals surface area contributed by atoms with E-state index in [4.69, 9.17) is 0 Å². The van der Waals surface area contributed by atoms with Crippen molar-refractivity contribution in [3.8, 4) is 0 Å². The largest absolute Gasteiger partial charge is 0.361 e. The van der Waals surface area contributed by atoms with Crippen LogP contribution < -0.4 is 0 Å². The lowest BCUT2D eigenvalue weighted by atomic mass is 10.0. The molecule has 0 saturated heterocycles. The molecular formula is C14H17NO. The van der Waals surface area contributed by atoms with E-state index in [0.29, 0.717) is 12.2 Å². The summed E-state index contributed by atoms with van der Waals surface area (Å²) in [6.07, 6.45) is 3.43. The molecule has 84 valence electrons. The molecule has 0 aliphatic rings. The lowest BCUT2D eigenvalue weighted by Crippen LogP contribution is -2.07. The number of benzene rings is 1. The Labute approximate surface area is 95.7 Å². The van der Waals surface area contributed by atoms with Crippen molar-refractivity contribution in [2.75, 3.05) is 0 Å². The van der Waals surface area contributed by atoms with Crippen molar-refractivity contribution in [3.63, 3.8) is 0 Å². The number of H-pyrrole nitrogens is 1. The van der Waals surface area contributed by atoms with Gasteiger partial charge in [0.15, 0.2) is 0 Å². The molecule has 2 heteroatoms. The monoisotopic (exact) mass is 215 g/mol. The number of hydrogen-bond donors (Lipinski definition) is 1. The van der Waals surface area contributed by atoms with Crippen LogP contribution in [0.4, 0.5) is 0 Å². The second-order valence-electron chi connectivity index (χ2n) is 4.52. The SMILES string of the molecule is CC(C)C(=O)CCc1ccc2[nH]ccc2c1. The standard InChI is InChI=1S/C14H17NO/c1-10(2)14(16)6-4-11-3-5-13-12(9-11)7-8-15-13/h3,5,7-10,15H,4,6H2,1-2H3. The number of hydrogen-bond acceptors (Lipinski definition) is 1. The first-order chi connectivity index (χ1) is 7.66. The second-order valence-corrected chi connectivity index (χ2v) is 4.52. The molecule has 2 rings (SSSR count). The van der Waals surface area contributed by atoms with Crippen LogP contribution >= 0.6 is 0 Å². The van der Waals surface area contributed by atoms with E-state index in [0.717, 1.165) is 11.9 Å². The fourth-order valence-electron chi connectivity index (χ4n) is 1.81. The smallest absolute Gasteiger partial charge is 0.135 e. The highest BCUT2D eigenvalue weighted by Crippen LogP contribution is 2.16. The number of aromatic nitrogens is 1. The van der Waals surface area contributed by atoms with Gasteiger partial charge in [-0.1, -0.05) is 19.9 Å². The van der Waals surface area contributed by atoms with Crippen LogP contribution in [-0.4, -0.2) is 10.8 Å². The van der Waals surface area contributed by atoms with Crippen LogP contribution in [0.3, 0.4) is 0 Å². The highest BCUT2D eigenvalue weighted by Gasteiger charge is 2.07. The van der Waals surface area contributed by atoms with Crippen LogP contribution in [0.5, 0.6) is 0 Å². The first-order valence-electron chi connectivity index (χ1n) is 5.75. The molecule has 1 aromatic carbocycles. The Balaban J connectivity index is 2.06. The van der Waals surface area contributed by atoms with Gasteiger partial charge in [-0.25, -0.2) is 0 Å². The molecule has 1 heterocycles. The molecule has 0 aliphatic heterocycles. The maximum atomic E-state index is 11.5. The number of carbonyl (C=O) groups is 1. The molecule has 1 aromatic heterocycles. The Morgan fingerprint density at radius 3 is 2.88 bits per heavy atom. The number of aryl methyl sites for hydroxylation is 1. The minimum atomic E-state index is 0.149. The molecule has 16 heavy (non-hydrogen) atoms. The van der Waals surface area contributed by atoms with Gasteiger partial charge < -0.3 is 4.98 Å². The lowest BCUT2D eigenvalue weighted by molar-refractivity contribution is -0.121. The van der Waals surface area contributed by atoms with Crippen LogP contribution in [0.2, 0.25) is 0 Å². The number of carbonyl (C=O) groups excluding carboxylic acids is 1. The third kappa shape index (κ3) is 2.32. The molecule has 0 radical (unpaired) electrons. The summed E-state index contributed by atoms with van der Waals surface area (Å²) in [5.74, 6) is 0.491. The van der Waals surface area contributed by atoms with Crippen LogP contribution in [-0.2, 0) is 11.2 Å². The third-order valence-corrected chi connectivity index (χ3v) is 2.92. The zero-order valence-electron chi connectivity index (χ0n) is 9.79. The average molecular weight is 215 g/mol. The summed E-state index contributed by atoms with van der Waals surface area (Å²) < 4.78 is 0. The van der Waals surface area contributed by atoms with Crippen LogP contribution in [0.25, 0.3) is 10.9 Å². The first kappa shape index (κ1) is 10.9. The fourth-order valence-corrected chi connectivity index (χ4v) is 1.81. The molecule has 0 atom stereocenters. The zero-order valence-corrected chi connectivity index (χ0v) is 9.79. The Morgan fingerprint density at radius 2 is 2.12 bits per heavy atom. The first-order valence-corrected chi connectivity index (χ1v) is 5.75. The van der Waals surface area contributed by atoms with E-state index in [1.54, 1.807) is 0 Å². The Hall–Kier alpha value is -1.57. The van der Waals surface area contributed by atoms with Crippen molar-refractivity contribution in [2.24, 2.45) is 5.92 Å². The summed E-state index contributed by atoms with van der Waals surface area (Å²) in [4.78, 5) is 14.7. The quantitative estimate of drug-likeness (QED) is 0.833. The highest BCUT2D eigenvalue weighted by atomic mass is 16.1. The zero-order chi connectivity index (χ0) is 11.5. The van der Waals surface area contributed by atoms with Gasteiger partial charge in [-0.2, -0.15) is 0 Å². The van der Waals surface area contributed by atoms with Gasteiger partial charge in [0.25, 0.3) is 0 Å². The number of nitrogens with one attached hydrogen (secondary N) is 1. The van der Waals surface area contributed by atoms with E-state index in [1.807, 2.05) is 20.0 Å². The predicted octanol–water partition coefficient (Wildman–Crippen LogP) is 3.33. The minimum Gasteiger partial charge on any atom is -0.361 e. The van der Waals surface area contributed by atoms with Crippen molar-refractivity contribution >= 4 is 16.7 Å². The van der Waals surface area contributed by atoms with Crippen LogP contribution in [0.15, 0.2) is 30.5 Å². The van der Waals surface area contributed by atoms with Gasteiger partial charge in [0.2, 0.25) is 0 Å². The fraction of sp³-hybridized carbons (Fsp3) is 0.357. The van der Waals surface area contributed by atoms with Crippen LogP contribution in [0, 0.1) is 5.92 Å². The summed E-state index contributed by atoms with van der Waals surface area (Å²) in [7, 11) is 0. The lowest BCUT2D eigenvalue weighted by Gasteiger charge is -2.04. The van der Waals surface area contributed by atoms with E-state index < -0.39 is 0 Å². The summed E-state index contributed by atoms with van der Waals surface area (Å²) in [6.45, 7) is 3.91. The molecule has 0 amide bonds. The van der Waals surface area contributed by atoms with Gasteiger partial charge in [0, 0.05) is 24.1 Å². The Kier molecular flexibility index (Phi) is 3.09. The summed E-state index contributed by atoms with van der Waals surface area (Å²) in [5, 5.41) is 1.22. The molecule has 0 fully saturated rings. The van der Waals surface area contributed by atoms with E-state index in [1.165, 1.54) is 10.9 Å². The Bertz CT molecular complexity index is 496. The predicted molar refractivity (Wildman–Crippen MR) is 66.5 cm³/mol. The van der Waals surface area contributed by atoms with Crippen molar-refractivity contribution in [1.82, 2.24) is 4.98 Å². The van der Waals surface area contributed by atoms with E-state index in [9.17, 15) is 4.79 Å². The van der Waals surface area contributed by atoms with Crippen LogP contribution in [0.1, 0.15) is 25.8 Å². The van der Waals surface area contributed by atoms with Crippen molar-refractivity contribution in [3.05, 3.63) is 36.0 Å². The van der Waals surface area contributed by atoms with Crippen molar-refractivity contribution < 1.29 is 4.79 Å².